The average molecular weight is 453 g/mol. The van der Waals surface area contributed by atoms with E-state index in [1.807, 2.05) is 0 Å². The molecule has 3 fully saturated rings. The summed E-state index contributed by atoms with van der Waals surface area (Å²) in [5, 5.41) is 0. The number of rotatable bonds is 3. The lowest BCUT2D eigenvalue weighted by atomic mass is 10.0. The number of nitrogens with zero attached hydrogens (tertiary/aromatic N) is 4. The molecule has 2 N–H and O–H groups in total. The number of hydrogen-bond acceptors (Lipinski definition) is 6. The van der Waals surface area contributed by atoms with Crippen molar-refractivity contribution in [1.82, 2.24) is 14.5 Å². The van der Waals surface area contributed by atoms with Gasteiger partial charge in [0.05, 0.1) is 42.4 Å². The molecule has 3 aliphatic heterocycles. The summed E-state index contributed by atoms with van der Waals surface area (Å²) in [6.45, 7) is 2.26. The van der Waals surface area contributed by atoms with Gasteiger partial charge in [0.2, 0.25) is 11.9 Å². The van der Waals surface area contributed by atoms with Crippen LogP contribution in [-0.4, -0.2) is 84.2 Å². The van der Waals surface area contributed by atoms with E-state index in [2.05, 4.69) is 4.98 Å². The Kier molecular flexibility index (Phi) is 5.72. The Bertz CT molecular complexity index is 1020. The monoisotopic (exact) mass is 453 g/mol. The van der Waals surface area contributed by atoms with Crippen molar-refractivity contribution < 1.29 is 27.4 Å². The maximum atomic E-state index is 14.1. The predicted octanol–water partition coefficient (Wildman–Crippen LogP) is 1.21. The van der Waals surface area contributed by atoms with Crippen molar-refractivity contribution in [1.29, 1.82) is 0 Å². The molecule has 32 heavy (non-hydrogen) atoms. The van der Waals surface area contributed by atoms with Gasteiger partial charge in [-0.15, -0.1) is 0 Å². The van der Waals surface area contributed by atoms with E-state index in [1.54, 1.807) is 14.4 Å². The number of benzene rings is 1. The molecule has 2 aromatic rings. The molecule has 0 aliphatic carbocycles. The van der Waals surface area contributed by atoms with Gasteiger partial charge >= 0.3 is 0 Å². The summed E-state index contributed by atoms with van der Waals surface area (Å²) in [4.78, 5) is 21.3. The fourth-order valence-corrected chi connectivity index (χ4v) is 4.83. The van der Waals surface area contributed by atoms with Crippen LogP contribution in [0.3, 0.4) is 0 Å². The number of imidazole rings is 1. The molecule has 3 aliphatic rings. The van der Waals surface area contributed by atoms with Gasteiger partial charge in [0.25, 0.3) is 0 Å². The first-order valence-corrected chi connectivity index (χ1v) is 10.9. The topological polar surface area (TPSA) is 85.9 Å². The number of morpholine rings is 1. The molecule has 1 aromatic heterocycles. The van der Waals surface area contributed by atoms with Crippen LogP contribution in [-0.2, 0) is 20.8 Å². The van der Waals surface area contributed by atoms with Crippen molar-refractivity contribution in [2.24, 2.45) is 5.73 Å². The van der Waals surface area contributed by atoms with Gasteiger partial charge in [-0.25, -0.2) is 18.2 Å². The van der Waals surface area contributed by atoms with Crippen molar-refractivity contribution >= 4 is 22.9 Å². The van der Waals surface area contributed by atoms with Gasteiger partial charge in [0, 0.05) is 38.4 Å². The molecule has 11 heteroatoms. The van der Waals surface area contributed by atoms with E-state index >= 15 is 0 Å². The first-order valence-electron chi connectivity index (χ1n) is 10.9. The third-order valence-corrected chi connectivity index (χ3v) is 6.57. The van der Waals surface area contributed by atoms with Crippen LogP contribution in [0, 0.1) is 11.6 Å². The zero-order valence-electron chi connectivity index (χ0n) is 17.6. The second kappa shape index (κ2) is 8.53. The highest BCUT2D eigenvalue weighted by molar-refractivity contribution is 5.84. The molecule has 1 amide bonds. The number of alkyl halides is 1. The smallest absolute Gasteiger partial charge is 0.243 e. The highest BCUT2D eigenvalue weighted by Crippen LogP contribution is 2.29. The van der Waals surface area contributed by atoms with Gasteiger partial charge in [0.15, 0.2) is 11.6 Å². The first kappa shape index (κ1) is 21.5. The molecule has 0 saturated carbocycles. The maximum Gasteiger partial charge on any atom is 0.243 e. The summed E-state index contributed by atoms with van der Waals surface area (Å²) in [6, 6.07) is 1.16. The quantitative estimate of drug-likeness (QED) is 0.752. The van der Waals surface area contributed by atoms with E-state index in [0.717, 1.165) is 12.1 Å². The summed E-state index contributed by atoms with van der Waals surface area (Å²) in [5.74, 6) is -1.88. The maximum absolute atomic E-state index is 14.1. The molecule has 0 bridgehead atoms. The van der Waals surface area contributed by atoms with Crippen molar-refractivity contribution in [2.75, 3.05) is 44.4 Å². The molecule has 8 nitrogen and oxygen atoms in total. The van der Waals surface area contributed by atoms with Crippen LogP contribution in [0.15, 0.2) is 12.1 Å². The Morgan fingerprint density at radius 1 is 1.19 bits per heavy atom. The van der Waals surface area contributed by atoms with E-state index in [1.165, 1.54) is 0 Å². The molecule has 1 aromatic carbocycles. The molecule has 5 rings (SSSR count). The normalized spacial score (nSPS) is 28.8. The van der Waals surface area contributed by atoms with E-state index < -0.39 is 23.8 Å². The van der Waals surface area contributed by atoms with E-state index in [-0.39, 0.29) is 43.1 Å². The van der Waals surface area contributed by atoms with E-state index in [9.17, 15) is 18.0 Å². The zero-order valence-corrected chi connectivity index (χ0v) is 17.6. The highest BCUT2D eigenvalue weighted by Gasteiger charge is 2.38. The number of anilines is 1. The van der Waals surface area contributed by atoms with Crippen molar-refractivity contribution in [3.05, 3.63) is 23.8 Å². The van der Waals surface area contributed by atoms with Crippen LogP contribution in [0.2, 0.25) is 0 Å². The van der Waals surface area contributed by atoms with Gasteiger partial charge in [0.1, 0.15) is 12.7 Å². The summed E-state index contributed by atoms with van der Waals surface area (Å²) in [7, 11) is 0. The second-order valence-corrected chi connectivity index (χ2v) is 8.59. The number of carbonyl (C=O) groups is 1. The molecule has 174 valence electrons. The number of amides is 1. The van der Waals surface area contributed by atoms with Gasteiger partial charge in [-0.1, -0.05) is 0 Å². The van der Waals surface area contributed by atoms with Crippen LogP contribution in [0.25, 0.3) is 11.0 Å². The number of fused-ring (bicyclic) bond motifs is 2. The first-order chi connectivity index (χ1) is 15.4. The van der Waals surface area contributed by atoms with Crippen molar-refractivity contribution in [3.8, 4) is 0 Å². The Hall–Kier alpha value is -2.37. The minimum atomic E-state index is -1.13. The van der Waals surface area contributed by atoms with Gasteiger partial charge in [-0.3, -0.25) is 4.79 Å². The number of carbonyl (C=O) groups excluding carboxylic acids is 1. The fraction of sp³-hybridized carbons (Fsp3) is 0.619. The van der Waals surface area contributed by atoms with Gasteiger partial charge in [-0.2, -0.15) is 0 Å². The van der Waals surface area contributed by atoms with Gasteiger partial charge < -0.3 is 29.6 Å². The lowest BCUT2D eigenvalue weighted by molar-refractivity contribution is -0.161. The summed E-state index contributed by atoms with van der Waals surface area (Å²) in [5.41, 5.74) is 6.44. The largest absolute Gasteiger partial charge is 0.379 e. The molecular weight excluding hydrogens is 427 g/mol. The van der Waals surface area contributed by atoms with Crippen LogP contribution in [0.5, 0.6) is 0 Å². The molecule has 0 radical (unpaired) electrons. The minimum absolute atomic E-state index is 0.0754. The van der Waals surface area contributed by atoms with Crippen LogP contribution >= 0.6 is 0 Å². The summed E-state index contributed by atoms with van der Waals surface area (Å²) >= 11 is 0. The molecule has 4 atom stereocenters. The van der Waals surface area contributed by atoms with E-state index in [4.69, 9.17) is 15.2 Å². The Morgan fingerprint density at radius 2 is 2.00 bits per heavy atom. The Balaban J connectivity index is 1.49. The summed E-state index contributed by atoms with van der Waals surface area (Å²) in [6.07, 6.45) is -0.273. The number of nitrogens with two attached hydrogens (primary N) is 1. The SMILES string of the molecule is N[C@@H]1CN(c2nc3cc(F)c(F)cc3n2CC(=O)N2CCOC3CCOCC32)CC[C@H]1F. The molecular formula is C21H26F3N5O3. The summed E-state index contributed by atoms with van der Waals surface area (Å²) < 4.78 is 54.8. The third kappa shape index (κ3) is 3.82. The van der Waals surface area contributed by atoms with Crippen molar-refractivity contribution in [3.63, 3.8) is 0 Å². The number of ether oxygens (including phenoxy) is 2. The number of piperidine rings is 1. The van der Waals surface area contributed by atoms with Gasteiger partial charge in [-0.05, 0) is 12.8 Å². The minimum Gasteiger partial charge on any atom is -0.379 e. The van der Waals surface area contributed by atoms with Crippen LogP contribution in [0.1, 0.15) is 12.8 Å². The van der Waals surface area contributed by atoms with E-state index in [0.29, 0.717) is 50.8 Å². The highest BCUT2D eigenvalue weighted by atomic mass is 19.2. The molecule has 4 heterocycles. The number of halogens is 3. The lowest BCUT2D eigenvalue weighted by Crippen LogP contribution is -2.58. The number of aromatic nitrogens is 2. The predicted molar refractivity (Wildman–Crippen MR) is 110 cm³/mol. The molecule has 0 spiro atoms. The van der Waals surface area contributed by atoms with Crippen molar-refractivity contribution in [2.45, 2.75) is 43.7 Å². The standard InChI is InChI=1S/C21H26F3N5O3/c22-12-1-3-27(9-15(12)25)21-26-16-7-13(23)14(24)8-17(16)29(21)10-20(30)28-4-6-32-19-2-5-31-11-18(19)28/h7-8,12,15,18-19H,1-6,9-11,25H2/t12-,15-,18?,19?/m1/s1. The Morgan fingerprint density at radius 3 is 2.81 bits per heavy atom. The molecule has 3 saturated heterocycles. The molecule has 2 unspecified atom stereocenters. The average Bonchev–Trinajstić information content (AvgIpc) is 3.12. The third-order valence-electron chi connectivity index (χ3n) is 6.57. The van der Waals surface area contributed by atoms with Crippen LogP contribution in [0.4, 0.5) is 19.1 Å². The second-order valence-electron chi connectivity index (χ2n) is 8.59. The lowest BCUT2D eigenvalue weighted by Gasteiger charge is -2.43. The zero-order chi connectivity index (χ0) is 22.4. The van der Waals surface area contributed by atoms with Crippen LogP contribution < -0.4 is 10.6 Å². The number of hydrogen-bond donors (Lipinski definition) is 1. The Labute approximate surface area is 183 Å². The fourth-order valence-electron chi connectivity index (χ4n) is 4.83.